The largest absolute Gasteiger partial charge is 0.507 e. The highest BCUT2D eigenvalue weighted by Crippen LogP contribution is 2.39. The summed E-state index contributed by atoms with van der Waals surface area (Å²) in [5, 5.41) is 11.6. The fourth-order valence-electron chi connectivity index (χ4n) is 3.28. The van der Waals surface area contributed by atoms with Crippen molar-refractivity contribution in [3.05, 3.63) is 63.8 Å². The predicted octanol–water partition coefficient (Wildman–Crippen LogP) is 3.80. The maximum Gasteiger partial charge on any atom is 0.348 e. The van der Waals surface area contributed by atoms with Crippen LogP contribution in [0.25, 0.3) is 10.9 Å². The van der Waals surface area contributed by atoms with Gasteiger partial charge in [0.15, 0.2) is 0 Å². The first kappa shape index (κ1) is 16.0. The number of thioether (sulfide) groups is 1. The maximum atomic E-state index is 12.3. The molecule has 6 heteroatoms. The SMILES string of the molecule is Cc1cc(O)c(C2=NCCS[C@H](c3c[nH]c4ccccc34)C2)c(=O)o1. The van der Waals surface area contributed by atoms with Crippen molar-refractivity contribution in [3.8, 4) is 5.75 Å². The molecule has 1 aliphatic heterocycles. The second-order valence-electron chi connectivity index (χ2n) is 6.09. The lowest BCUT2D eigenvalue weighted by atomic mass is 10.0. The molecule has 0 amide bonds. The van der Waals surface area contributed by atoms with Gasteiger partial charge in [-0.1, -0.05) is 18.2 Å². The van der Waals surface area contributed by atoms with E-state index >= 15 is 0 Å². The minimum atomic E-state index is -0.527. The summed E-state index contributed by atoms with van der Waals surface area (Å²) in [5.41, 5.74) is 2.58. The van der Waals surface area contributed by atoms with Crippen LogP contribution in [0.1, 0.15) is 28.6 Å². The van der Waals surface area contributed by atoms with Crippen molar-refractivity contribution < 1.29 is 9.52 Å². The van der Waals surface area contributed by atoms with E-state index in [0.717, 1.165) is 11.3 Å². The summed E-state index contributed by atoms with van der Waals surface area (Å²) in [7, 11) is 0. The minimum absolute atomic E-state index is 0.0583. The Kier molecular flexibility index (Phi) is 4.13. The Balaban J connectivity index is 1.75. The summed E-state index contributed by atoms with van der Waals surface area (Å²) in [5.74, 6) is 1.20. The molecule has 0 saturated heterocycles. The summed E-state index contributed by atoms with van der Waals surface area (Å²) in [4.78, 5) is 20.1. The van der Waals surface area contributed by atoms with Crippen LogP contribution in [0.3, 0.4) is 0 Å². The van der Waals surface area contributed by atoms with E-state index in [9.17, 15) is 9.90 Å². The van der Waals surface area contributed by atoms with E-state index in [1.54, 1.807) is 6.92 Å². The number of para-hydroxylation sites is 1. The fourth-order valence-corrected chi connectivity index (χ4v) is 4.41. The van der Waals surface area contributed by atoms with Crippen LogP contribution in [0.5, 0.6) is 5.75 Å². The topological polar surface area (TPSA) is 78.6 Å². The third kappa shape index (κ3) is 2.98. The predicted molar refractivity (Wildman–Crippen MR) is 101 cm³/mol. The number of benzene rings is 1. The van der Waals surface area contributed by atoms with Crippen LogP contribution < -0.4 is 5.63 Å². The van der Waals surface area contributed by atoms with Gasteiger partial charge in [0.25, 0.3) is 0 Å². The summed E-state index contributed by atoms with van der Waals surface area (Å²) in [6.45, 7) is 2.26. The lowest BCUT2D eigenvalue weighted by Crippen LogP contribution is -2.17. The van der Waals surface area contributed by atoms with Gasteiger partial charge in [-0.25, -0.2) is 4.79 Å². The van der Waals surface area contributed by atoms with Crippen molar-refractivity contribution in [1.82, 2.24) is 4.98 Å². The molecule has 1 atom stereocenters. The number of fused-ring (bicyclic) bond motifs is 1. The van der Waals surface area contributed by atoms with Crippen LogP contribution in [0, 0.1) is 6.92 Å². The average molecular weight is 354 g/mol. The van der Waals surface area contributed by atoms with E-state index in [1.807, 2.05) is 30.1 Å². The number of aliphatic imine (C=N–C) groups is 1. The van der Waals surface area contributed by atoms with Crippen LogP contribution in [0.15, 0.2) is 50.7 Å². The van der Waals surface area contributed by atoms with Crippen molar-refractivity contribution in [2.75, 3.05) is 12.3 Å². The standard InChI is InChI=1S/C19H18N2O3S/c1-11-8-16(22)18(19(23)24-11)15-9-17(25-7-6-20-15)13-10-21-14-5-3-2-4-12(13)14/h2-5,8,10,17,21-22H,6-7,9H2,1H3/t17-/m0/s1. The Morgan fingerprint density at radius 2 is 2.20 bits per heavy atom. The minimum Gasteiger partial charge on any atom is -0.507 e. The van der Waals surface area contributed by atoms with Gasteiger partial charge in [0.2, 0.25) is 0 Å². The molecule has 1 aliphatic rings. The van der Waals surface area contributed by atoms with Crippen molar-refractivity contribution in [1.29, 1.82) is 0 Å². The van der Waals surface area contributed by atoms with Gasteiger partial charge in [-0.3, -0.25) is 4.99 Å². The monoisotopic (exact) mass is 354 g/mol. The Morgan fingerprint density at radius 3 is 3.04 bits per heavy atom. The molecular formula is C19H18N2O3S. The number of aromatic amines is 1. The van der Waals surface area contributed by atoms with Gasteiger partial charge in [0, 0.05) is 47.1 Å². The van der Waals surface area contributed by atoms with Crippen LogP contribution >= 0.6 is 11.8 Å². The molecule has 4 rings (SSSR count). The Morgan fingerprint density at radius 1 is 1.36 bits per heavy atom. The zero-order valence-corrected chi connectivity index (χ0v) is 14.6. The lowest BCUT2D eigenvalue weighted by molar-refractivity contribution is 0.432. The number of aromatic nitrogens is 1. The van der Waals surface area contributed by atoms with Crippen molar-refractivity contribution in [3.63, 3.8) is 0 Å². The third-order valence-electron chi connectivity index (χ3n) is 4.40. The normalized spacial score (nSPS) is 18.1. The van der Waals surface area contributed by atoms with Gasteiger partial charge in [-0.05, 0) is 18.6 Å². The molecule has 3 heterocycles. The van der Waals surface area contributed by atoms with Crippen molar-refractivity contribution in [2.24, 2.45) is 4.99 Å². The molecule has 3 aromatic rings. The number of hydrogen-bond donors (Lipinski definition) is 2. The summed E-state index contributed by atoms with van der Waals surface area (Å²) >= 11 is 1.82. The summed E-state index contributed by atoms with van der Waals surface area (Å²) < 4.78 is 5.17. The Bertz CT molecular complexity index is 1020. The lowest BCUT2D eigenvalue weighted by Gasteiger charge is -2.15. The molecular weight excluding hydrogens is 336 g/mol. The zero-order valence-electron chi connectivity index (χ0n) is 13.8. The van der Waals surface area contributed by atoms with Gasteiger partial charge in [-0.2, -0.15) is 11.8 Å². The number of nitrogens with one attached hydrogen (secondary N) is 1. The second-order valence-corrected chi connectivity index (χ2v) is 7.40. The Labute approximate surface area is 148 Å². The van der Waals surface area contributed by atoms with Crippen LogP contribution in [-0.4, -0.2) is 28.1 Å². The van der Waals surface area contributed by atoms with E-state index in [1.165, 1.54) is 17.0 Å². The van der Waals surface area contributed by atoms with Gasteiger partial charge in [0.05, 0.1) is 5.71 Å². The summed E-state index contributed by atoms with van der Waals surface area (Å²) in [6, 6.07) is 9.65. The van der Waals surface area contributed by atoms with Crippen LogP contribution in [0.2, 0.25) is 0 Å². The number of H-pyrrole nitrogens is 1. The second kappa shape index (κ2) is 6.44. The van der Waals surface area contributed by atoms with Crippen molar-refractivity contribution in [2.45, 2.75) is 18.6 Å². The first-order valence-corrected chi connectivity index (χ1v) is 9.23. The van der Waals surface area contributed by atoms with Gasteiger partial charge < -0.3 is 14.5 Å². The smallest absolute Gasteiger partial charge is 0.348 e. The quantitative estimate of drug-likeness (QED) is 0.734. The molecule has 0 bridgehead atoms. The zero-order chi connectivity index (χ0) is 17.4. The molecule has 0 saturated carbocycles. The average Bonchev–Trinajstić information content (AvgIpc) is 2.86. The highest BCUT2D eigenvalue weighted by Gasteiger charge is 2.25. The molecule has 25 heavy (non-hydrogen) atoms. The van der Waals surface area contributed by atoms with E-state index in [0.29, 0.717) is 24.4 Å². The Hall–Kier alpha value is -2.47. The molecule has 2 aromatic heterocycles. The number of aromatic hydroxyl groups is 1. The van der Waals surface area contributed by atoms with Gasteiger partial charge in [-0.15, -0.1) is 0 Å². The molecule has 0 aliphatic carbocycles. The number of hydrogen-bond acceptors (Lipinski definition) is 5. The first-order valence-electron chi connectivity index (χ1n) is 8.18. The van der Waals surface area contributed by atoms with Gasteiger partial charge >= 0.3 is 5.63 Å². The van der Waals surface area contributed by atoms with E-state index < -0.39 is 5.63 Å². The number of rotatable bonds is 2. The molecule has 2 N–H and O–H groups in total. The van der Waals surface area contributed by atoms with E-state index in [-0.39, 0.29) is 16.6 Å². The number of nitrogens with zero attached hydrogens (tertiary/aromatic N) is 1. The molecule has 5 nitrogen and oxygen atoms in total. The molecule has 0 fully saturated rings. The molecule has 0 radical (unpaired) electrons. The summed E-state index contributed by atoms with van der Waals surface area (Å²) in [6.07, 6.45) is 2.61. The molecule has 1 aromatic carbocycles. The van der Waals surface area contributed by atoms with Crippen LogP contribution in [-0.2, 0) is 0 Å². The van der Waals surface area contributed by atoms with Crippen LogP contribution in [0.4, 0.5) is 0 Å². The molecule has 0 spiro atoms. The first-order chi connectivity index (χ1) is 12.1. The highest BCUT2D eigenvalue weighted by molar-refractivity contribution is 7.99. The highest BCUT2D eigenvalue weighted by atomic mass is 32.2. The van der Waals surface area contributed by atoms with Gasteiger partial charge in [0.1, 0.15) is 17.1 Å². The third-order valence-corrected chi connectivity index (χ3v) is 5.64. The maximum absolute atomic E-state index is 12.3. The number of aryl methyl sites for hydroxylation is 1. The van der Waals surface area contributed by atoms with E-state index in [4.69, 9.17) is 4.42 Å². The van der Waals surface area contributed by atoms with E-state index in [2.05, 4.69) is 22.1 Å². The molecule has 128 valence electrons. The molecule has 0 unspecified atom stereocenters. The fraction of sp³-hybridized carbons (Fsp3) is 0.263. The van der Waals surface area contributed by atoms with Crippen molar-refractivity contribution >= 4 is 28.4 Å².